The third-order valence-corrected chi connectivity index (χ3v) is 1.97. The first kappa shape index (κ1) is 10.9. The van der Waals surface area contributed by atoms with Gasteiger partial charge in [0.25, 0.3) is 0 Å². The predicted molar refractivity (Wildman–Crippen MR) is 61.6 cm³/mol. The zero-order valence-corrected chi connectivity index (χ0v) is 9.28. The number of rotatable bonds is 0. The first-order chi connectivity index (χ1) is 6.68. The molecule has 74 valence electrons. The molecule has 2 rings (SSSR count). The van der Waals surface area contributed by atoms with Crippen LogP contribution in [0.25, 0.3) is 0 Å². The Bertz CT molecular complexity index is 330. The van der Waals surface area contributed by atoms with E-state index in [1.807, 2.05) is 43.6 Å². The molecule has 0 saturated heterocycles. The number of hydrogen-bond donors (Lipinski definition) is 1. The maximum Gasteiger partial charge on any atom is 0.0489 e. The van der Waals surface area contributed by atoms with Crippen LogP contribution in [-0.4, -0.2) is 9.78 Å². The zero-order valence-electron chi connectivity index (χ0n) is 8.38. The fraction of sp³-hybridized carbons (Fsp3) is 0.182. The Morgan fingerprint density at radius 2 is 1.86 bits per heavy atom. The van der Waals surface area contributed by atoms with E-state index in [9.17, 15) is 0 Å². The standard InChI is InChI=1S/C7H8S.C4H6N2/c1-6-2-4-7(8)5-3-6;1-6-4-2-3-5-6/h2-5,8H,1H3;2-4H,1H3. The molecule has 0 aliphatic heterocycles. The van der Waals surface area contributed by atoms with Crippen LogP contribution in [0, 0.1) is 6.92 Å². The van der Waals surface area contributed by atoms with Crippen LogP contribution in [0.3, 0.4) is 0 Å². The number of hydrogen-bond acceptors (Lipinski definition) is 2. The minimum atomic E-state index is 1.02. The Morgan fingerprint density at radius 1 is 1.21 bits per heavy atom. The van der Waals surface area contributed by atoms with Crippen molar-refractivity contribution >= 4 is 12.6 Å². The van der Waals surface area contributed by atoms with E-state index in [-0.39, 0.29) is 0 Å². The molecule has 14 heavy (non-hydrogen) atoms. The average Bonchev–Trinajstić information content (AvgIpc) is 2.63. The Balaban J connectivity index is 0.000000146. The van der Waals surface area contributed by atoms with E-state index in [4.69, 9.17) is 0 Å². The van der Waals surface area contributed by atoms with Gasteiger partial charge in [-0.2, -0.15) is 5.10 Å². The Morgan fingerprint density at radius 3 is 2.14 bits per heavy atom. The molecule has 3 heteroatoms. The van der Waals surface area contributed by atoms with Crippen LogP contribution in [0.5, 0.6) is 0 Å². The summed E-state index contributed by atoms with van der Waals surface area (Å²) in [6, 6.07) is 9.95. The van der Waals surface area contributed by atoms with E-state index in [1.165, 1.54) is 5.56 Å². The summed E-state index contributed by atoms with van der Waals surface area (Å²) in [5.41, 5.74) is 1.28. The molecule has 0 aliphatic carbocycles. The van der Waals surface area contributed by atoms with Crippen molar-refractivity contribution in [3.63, 3.8) is 0 Å². The highest BCUT2D eigenvalue weighted by atomic mass is 32.1. The van der Waals surface area contributed by atoms with E-state index in [1.54, 1.807) is 10.9 Å². The smallest absolute Gasteiger partial charge is 0.0489 e. The number of thiol groups is 1. The molecule has 2 nitrogen and oxygen atoms in total. The highest BCUT2D eigenvalue weighted by molar-refractivity contribution is 7.80. The van der Waals surface area contributed by atoms with Crippen molar-refractivity contribution in [1.82, 2.24) is 9.78 Å². The third-order valence-electron chi connectivity index (χ3n) is 1.67. The summed E-state index contributed by atoms with van der Waals surface area (Å²) in [4.78, 5) is 1.02. The van der Waals surface area contributed by atoms with Gasteiger partial charge < -0.3 is 0 Å². The van der Waals surface area contributed by atoms with E-state index in [0.29, 0.717) is 0 Å². The van der Waals surface area contributed by atoms with Gasteiger partial charge in [0, 0.05) is 24.3 Å². The Kier molecular flexibility index (Phi) is 4.26. The molecule has 2 aromatic rings. The molecule has 0 radical (unpaired) electrons. The molecule has 0 unspecified atom stereocenters. The van der Waals surface area contributed by atoms with Crippen LogP contribution in [0.4, 0.5) is 0 Å². The SMILES string of the molecule is Cc1ccc(S)cc1.Cn1cccn1. The van der Waals surface area contributed by atoms with Crippen LogP contribution < -0.4 is 0 Å². The molecule has 0 bridgehead atoms. The highest BCUT2D eigenvalue weighted by Crippen LogP contribution is 2.05. The van der Waals surface area contributed by atoms with Crippen LogP contribution >= 0.6 is 12.6 Å². The van der Waals surface area contributed by atoms with Crippen molar-refractivity contribution in [1.29, 1.82) is 0 Å². The molecule has 0 spiro atoms. The fourth-order valence-electron chi connectivity index (χ4n) is 0.890. The minimum Gasteiger partial charge on any atom is -0.276 e. The molecule has 1 heterocycles. The van der Waals surface area contributed by atoms with Gasteiger partial charge in [-0.05, 0) is 25.1 Å². The molecule has 0 aliphatic rings. The number of nitrogens with zero attached hydrogens (tertiary/aromatic N) is 2. The number of aromatic nitrogens is 2. The van der Waals surface area contributed by atoms with E-state index < -0.39 is 0 Å². The quantitative estimate of drug-likeness (QED) is 0.656. The maximum absolute atomic E-state index is 4.13. The molecule has 0 amide bonds. The Hall–Kier alpha value is -1.22. The van der Waals surface area contributed by atoms with Gasteiger partial charge in [-0.15, -0.1) is 12.6 Å². The number of benzene rings is 1. The van der Waals surface area contributed by atoms with Gasteiger partial charge in [0.1, 0.15) is 0 Å². The lowest BCUT2D eigenvalue weighted by molar-refractivity contribution is 0.768. The van der Waals surface area contributed by atoms with E-state index in [0.717, 1.165) is 4.90 Å². The summed E-state index contributed by atoms with van der Waals surface area (Å²) in [6.07, 6.45) is 3.64. The summed E-state index contributed by atoms with van der Waals surface area (Å²) < 4.78 is 1.75. The highest BCUT2D eigenvalue weighted by Gasteiger charge is 1.80. The molecular formula is C11H14N2S. The largest absolute Gasteiger partial charge is 0.276 e. The molecule has 0 atom stereocenters. The van der Waals surface area contributed by atoms with Gasteiger partial charge >= 0.3 is 0 Å². The third kappa shape index (κ3) is 4.14. The summed E-state index contributed by atoms with van der Waals surface area (Å²) >= 11 is 4.13. The first-order valence-corrected chi connectivity index (χ1v) is 4.82. The van der Waals surface area contributed by atoms with Crippen LogP contribution in [0.1, 0.15) is 5.56 Å². The summed E-state index contributed by atoms with van der Waals surface area (Å²) in [5.74, 6) is 0. The van der Waals surface area contributed by atoms with Crippen molar-refractivity contribution < 1.29 is 0 Å². The minimum absolute atomic E-state index is 1.02. The summed E-state index contributed by atoms with van der Waals surface area (Å²) in [7, 11) is 1.89. The molecule has 1 aromatic carbocycles. The number of aryl methyl sites for hydroxylation is 2. The van der Waals surface area contributed by atoms with Crippen molar-refractivity contribution in [3.8, 4) is 0 Å². The molecule has 0 saturated carbocycles. The van der Waals surface area contributed by atoms with Crippen molar-refractivity contribution in [2.24, 2.45) is 7.05 Å². The van der Waals surface area contributed by atoms with Gasteiger partial charge in [0.15, 0.2) is 0 Å². The van der Waals surface area contributed by atoms with Crippen molar-refractivity contribution in [2.75, 3.05) is 0 Å². The van der Waals surface area contributed by atoms with Gasteiger partial charge in [-0.3, -0.25) is 4.68 Å². The normalized spacial score (nSPS) is 9.07. The molecule has 1 aromatic heterocycles. The second kappa shape index (κ2) is 5.50. The Labute approximate surface area is 90.0 Å². The van der Waals surface area contributed by atoms with Gasteiger partial charge in [-0.1, -0.05) is 17.7 Å². The molecular weight excluding hydrogens is 192 g/mol. The lowest BCUT2D eigenvalue weighted by Crippen LogP contribution is -1.83. The van der Waals surface area contributed by atoms with E-state index >= 15 is 0 Å². The molecule has 0 N–H and O–H groups in total. The average molecular weight is 206 g/mol. The molecule has 0 fully saturated rings. The predicted octanol–water partition coefficient (Wildman–Crippen LogP) is 2.70. The van der Waals surface area contributed by atoms with Gasteiger partial charge in [-0.25, -0.2) is 0 Å². The lowest BCUT2D eigenvalue weighted by atomic mass is 10.2. The van der Waals surface area contributed by atoms with Gasteiger partial charge in [0.05, 0.1) is 0 Å². The second-order valence-corrected chi connectivity index (χ2v) is 3.53. The van der Waals surface area contributed by atoms with E-state index in [2.05, 4.69) is 24.7 Å². The van der Waals surface area contributed by atoms with Crippen LogP contribution in [-0.2, 0) is 7.05 Å². The van der Waals surface area contributed by atoms with Crippen molar-refractivity contribution in [2.45, 2.75) is 11.8 Å². The zero-order chi connectivity index (χ0) is 10.4. The monoisotopic (exact) mass is 206 g/mol. The van der Waals surface area contributed by atoms with Crippen LogP contribution in [0.15, 0.2) is 47.6 Å². The summed E-state index contributed by atoms with van der Waals surface area (Å²) in [6.45, 7) is 2.06. The maximum atomic E-state index is 4.13. The fourth-order valence-corrected chi connectivity index (χ4v) is 1.04. The first-order valence-electron chi connectivity index (χ1n) is 4.38. The van der Waals surface area contributed by atoms with Crippen LogP contribution in [0.2, 0.25) is 0 Å². The topological polar surface area (TPSA) is 17.8 Å². The van der Waals surface area contributed by atoms with Crippen molar-refractivity contribution in [3.05, 3.63) is 48.3 Å². The lowest BCUT2D eigenvalue weighted by Gasteiger charge is -1.89. The second-order valence-electron chi connectivity index (χ2n) is 3.02. The van der Waals surface area contributed by atoms with Gasteiger partial charge in [0.2, 0.25) is 0 Å². The summed E-state index contributed by atoms with van der Waals surface area (Å²) in [5, 5.41) is 3.83.